The number of aromatic nitrogens is 1. The van der Waals surface area contributed by atoms with Gasteiger partial charge in [0.1, 0.15) is 0 Å². The smallest absolute Gasteiger partial charge is 0.0931 e. The van der Waals surface area contributed by atoms with Gasteiger partial charge in [-0.05, 0) is 36.6 Å². The summed E-state index contributed by atoms with van der Waals surface area (Å²) >= 11 is 7.58. The van der Waals surface area contributed by atoms with Crippen molar-refractivity contribution in [2.45, 2.75) is 24.8 Å². The molecule has 0 fully saturated rings. The standard InChI is InChI=1S/C13H14ClN3S/c14-11-6-5-10(18-11)13(17-15)9-4-3-8-2-1-7-16-12(8)9/h1-2,5-7,9,13,17H,3-4,15H2. The first kappa shape index (κ1) is 12.1. The van der Waals surface area contributed by atoms with Gasteiger partial charge >= 0.3 is 0 Å². The van der Waals surface area contributed by atoms with E-state index in [4.69, 9.17) is 17.4 Å². The first-order chi connectivity index (χ1) is 8.79. The first-order valence-electron chi connectivity index (χ1n) is 5.94. The van der Waals surface area contributed by atoms with E-state index < -0.39 is 0 Å². The van der Waals surface area contributed by atoms with E-state index >= 15 is 0 Å². The maximum absolute atomic E-state index is 6.00. The van der Waals surface area contributed by atoms with Gasteiger partial charge in [-0.2, -0.15) is 0 Å². The Balaban J connectivity index is 1.95. The van der Waals surface area contributed by atoms with Gasteiger partial charge in [0.25, 0.3) is 0 Å². The van der Waals surface area contributed by atoms with Crippen LogP contribution in [0.2, 0.25) is 4.34 Å². The molecule has 0 aliphatic heterocycles. The van der Waals surface area contributed by atoms with Crippen LogP contribution in [0.3, 0.4) is 0 Å². The molecule has 2 atom stereocenters. The van der Waals surface area contributed by atoms with Crippen LogP contribution in [0.5, 0.6) is 0 Å². The van der Waals surface area contributed by atoms with Crippen LogP contribution >= 0.6 is 22.9 Å². The topological polar surface area (TPSA) is 50.9 Å². The van der Waals surface area contributed by atoms with Gasteiger partial charge in [0.05, 0.1) is 10.4 Å². The molecule has 2 heterocycles. The molecule has 0 spiro atoms. The maximum atomic E-state index is 6.00. The highest BCUT2D eigenvalue weighted by atomic mass is 35.5. The maximum Gasteiger partial charge on any atom is 0.0931 e. The molecule has 2 aromatic heterocycles. The molecule has 18 heavy (non-hydrogen) atoms. The van der Waals surface area contributed by atoms with Crippen molar-refractivity contribution >= 4 is 22.9 Å². The third-order valence-electron chi connectivity index (χ3n) is 3.48. The molecule has 2 aromatic rings. The number of hydrogen-bond acceptors (Lipinski definition) is 4. The van der Waals surface area contributed by atoms with E-state index in [1.54, 1.807) is 11.3 Å². The molecule has 0 aromatic carbocycles. The Morgan fingerprint density at radius 1 is 1.44 bits per heavy atom. The fraction of sp³-hybridized carbons (Fsp3) is 0.308. The number of nitrogens with two attached hydrogens (primary N) is 1. The third kappa shape index (κ3) is 2.06. The van der Waals surface area contributed by atoms with E-state index in [0.717, 1.165) is 17.2 Å². The number of nitrogens with one attached hydrogen (secondary N) is 1. The van der Waals surface area contributed by atoms with Crippen molar-refractivity contribution < 1.29 is 0 Å². The fourth-order valence-corrected chi connectivity index (χ4v) is 3.85. The van der Waals surface area contributed by atoms with Crippen molar-refractivity contribution in [3.8, 4) is 0 Å². The Bertz CT molecular complexity index is 555. The molecule has 1 aliphatic rings. The second-order valence-corrected chi connectivity index (χ2v) is 6.23. The molecule has 3 rings (SSSR count). The number of nitrogens with zero attached hydrogens (tertiary/aromatic N) is 1. The van der Waals surface area contributed by atoms with Gasteiger partial charge in [-0.25, -0.2) is 0 Å². The second kappa shape index (κ2) is 4.97. The molecule has 3 N–H and O–H groups in total. The van der Waals surface area contributed by atoms with E-state index in [1.807, 2.05) is 24.4 Å². The monoisotopic (exact) mass is 279 g/mol. The molecule has 1 aliphatic carbocycles. The lowest BCUT2D eigenvalue weighted by Gasteiger charge is -2.21. The van der Waals surface area contributed by atoms with Crippen LogP contribution in [-0.4, -0.2) is 4.98 Å². The summed E-state index contributed by atoms with van der Waals surface area (Å²) in [5, 5.41) is 0. The van der Waals surface area contributed by atoms with Crippen molar-refractivity contribution in [1.29, 1.82) is 0 Å². The van der Waals surface area contributed by atoms with E-state index in [9.17, 15) is 0 Å². The summed E-state index contributed by atoms with van der Waals surface area (Å²) in [6.07, 6.45) is 4.01. The Hall–Kier alpha value is -0.940. The zero-order chi connectivity index (χ0) is 12.5. The highest BCUT2D eigenvalue weighted by Crippen LogP contribution is 2.42. The summed E-state index contributed by atoms with van der Waals surface area (Å²) < 4.78 is 0.796. The number of pyridine rings is 1. The second-order valence-electron chi connectivity index (χ2n) is 4.48. The summed E-state index contributed by atoms with van der Waals surface area (Å²) in [6, 6.07) is 8.20. The summed E-state index contributed by atoms with van der Waals surface area (Å²) in [6.45, 7) is 0. The minimum absolute atomic E-state index is 0.0960. The summed E-state index contributed by atoms with van der Waals surface area (Å²) in [5.74, 6) is 6.07. The largest absolute Gasteiger partial charge is 0.271 e. The predicted molar refractivity (Wildman–Crippen MR) is 74.7 cm³/mol. The van der Waals surface area contributed by atoms with Gasteiger partial charge in [0, 0.05) is 22.7 Å². The number of halogens is 1. The number of rotatable bonds is 3. The van der Waals surface area contributed by atoms with Crippen LogP contribution in [0.15, 0.2) is 30.5 Å². The number of aryl methyl sites for hydroxylation is 1. The molecule has 0 saturated heterocycles. The lowest BCUT2D eigenvalue weighted by molar-refractivity contribution is 0.453. The van der Waals surface area contributed by atoms with Gasteiger partial charge < -0.3 is 0 Å². The van der Waals surface area contributed by atoms with E-state index in [0.29, 0.717) is 5.92 Å². The van der Waals surface area contributed by atoms with Crippen LogP contribution < -0.4 is 11.3 Å². The highest BCUT2D eigenvalue weighted by Gasteiger charge is 2.32. The molecule has 0 bridgehead atoms. The predicted octanol–water partition coefficient (Wildman–Crippen LogP) is 3.03. The lowest BCUT2D eigenvalue weighted by Crippen LogP contribution is -2.31. The highest BCUT2D eigenvalue weighted by molar-refractivity contribution is 7.16. The lowest BCUT2D eigenvalue weighted by atomic mass is 9.96. The molecule has 94 valence electrons. The molecular formula is C13H14ClN3S. The van der Waals surface area contributed by atoms with Gasteiger partial charge in [0.15, 0.2) is 0 Å². The van der Waals surface area contributed by atoms with Crippen LogP contribution in [0.4, 0.5) is 0 Å². The van der Waals surface area contributed by atoms with Crippen molar-refractivity contribution in [2.24, 2.45) is 5.84 Å². The van der Waals surface area contributed by atoms with Crippen molar-refractivity contribution in [2.75, 3.05) is 0 Å². The Kier molecular flexibility index (Phi) is 3.35. The van der Waals surface area contributed by atoms with Crippen molar-refractivity contribution in [3.05, 3.63) is 50.9 Å². The molecule has 0 amide bonds. The molecule has 0 saturated carbocycles. The number of hydrogen-bond donors (Lipinski definition) is 2. The van der Waals surface area contributed by atoms with Crippen molar-refractivity contribution in [1.82, 2.24) is 10.4 Å². The van der Waals surface area contributed by atoms with Crippen LogP contribution in [0.1, 0.15) is 34.5 Å². The summed E-state index contributed by atoms with van der Waals surface area (Å²) in [7, 11) is 0. The SMILES string of the molecule is NNC(c1ccc(Cl)s1)C1CCc2cccnc21. The molecular weight excluding hydrogens is 266 g/mol. The fourth-order valence-electron chi connectivity index (χ4n) is 2.66. The van der Waals surface area contributed by atoms with Crippen LogP contribution in [0, 0.1) is 0 Å². The normalized spacial score (nSPS) is 19.8. The average Bonchev–Trinajstić information content (AvgIpc) is 2.98. The number of hydrazine groups is 1. The minimum Gasteiger partial charge on any atom is -0.271 e. The molecule has 0 radical (unpaired) electrons. The number of thiophene rings is 1. The zero-order valence-corrected chi connectivity index (χ0v) is 11.3. The molecule has 5 heteroatoms. The van der Waals surface area contributed by atoms with Gasteiger partial charge in [-0.1, -0.05) is 17.7 Å². The van der Waals surface area contributed by atoms with Crippen LogP contribution in [0.25, 0.3) is 0 Å². The average molecular weight is 280 g/mol. The molecule has 2 unspecified atom stereocenters. The molecule has 3 nitrogen and oxygen atoms in total. The van der Waals surface area contributed by atoms with E-state index in [2.05, 4.69) is 16.5 Å². The van der Waals surface area contributed by atoms with Gasteiger partial charge in [-0.15, -0.1) is 11.3 Å². The van der Waals surface area contributed by atoms with Crippen LogP contribution in [-0.2, 0) is 6.42 Å². The Labute approximate surface area is 115 Å². The Morgan fingerprint density at radius 2 is 2.33 bits per heavy atom. The minimum atomic E-state index is 0.0960. The number of fused-ring (bicyclic) bond motifs is 1. The first-order valence-corrected chi connectivity index (χ1v) is 7.14. The van der Waals surface area contributed by atoms with Gasteiger partial charge in [0.2, 0.25) is 0 Å². The van der Waals surface area contributed by atoms with Crippen molar-refractivity contribution in [3.63, 3.8) is 0 Å². The quantitative estimate of drug-likeness (QED) is 0.671. The van der Waals surface area contributed by atoms with E-state index in [-0.39, 0.29) is 6.04 Å². The van der Waals surface area contributed by atoms with E-state index in [1.165, 1.54) is 16.1 Å². The van der Waals surface area contributed by atoms with Gasteiger partial charge in [-0.3, -0.25) is 16.3 Å². The third-order valence-corrected chi connectivity index (χ3v) is 4.80. The summed E-state index contributed by atoms with van der Waals surface area (Å²) in [4.78, 5) is 5.69. The summed E-state index contributed by atoms with van der Waals surface area (Å²) in [5.41, 5.74) is 5.44. The Morgan fingerprint density at radius 3 is 3.06 bits per heavy atom. The zero-order valence-electron chi connectivity index (χ0n) is 9.77.